The molecule has 0 aromatic heterocycles. The maximum absolute atomic E-state index is 11.8. The number of rotatable bonds is 15. The van der Waals surface area contributed by atoms with E-state index in [1.165, 1.54) is 0 Å². The Morgan fingerprint density at radius 2 is 1.31 bits per heavy atom. The molecule has 0 heterocycles. The van der Waals surface area contributed by atoms with Gasteiger partial charge in [-0.3, -0.25) is 15.6 Å². The molecule has 0 aromatic carbocycles. The van der Waals surface area contributed by atoms with E-state index in [1.807, 2.05) is 20.8 Å². The molecule has 0 aliphatic rings. The van der Waals surface area contributed by atoms with Crippen molar-refractivity contribution in [1.29, 1.82) is 0 Å². The molecule has 6 N–H and O–H groups in total. The normalized spacial score (nSPS) is 13.6. The lowest BCUT2D eigenvalue weighted by Gasteiger charge is -2.23. The highest BCUT2D eigenvalue weighted by atomic mass is 32.1. The number of nitrogens with one attached hydrogen (secondary N) is 3. The Balaban J connectivity index is 3.57. The van der Waals surface area contributed by atoms with Crippen molar-refractivity contribution in [1.82, 2.24) is 16.2 Å². The summed E-state index contributed by atoms with van der Waals surface area (Å²) in [7, 11) is 0. The average molecular weight is 434 g/mol. The van der Waals surface area contributed by atoms with Crippen LogP contribution in [-0.2, 0) is 4.79 Å². The zero-order chi connectivity index (χ0) is 22.1. The van der Waals surface area contributed by atoms with E-state index in [0.717, 1.165) is 57.8 Å². The van der Waals surface area contributed by atoms with Gasteiger partial charge in [0, 0.05) is 18.6 Å². The fourth-order valence-electron chi connectivity index (χ4n) is 2.93. The number of unbranched alkanes of at least 4 members (excludes halogenated alkanes) is 7. The van der Waals surface area contributed by atoms with Gasteiger partial charge in [-0.15, -0.1) is 0 Å². The van der Waals surface area contributed by atoms with Crippen molar-refractivity contribution in [2.45, 2.75) is 116 Å². The zero-order valence-corrected chi connectivity index (χ0v) is 19.3. The van der Waals surface area contributed by atoms with Gasteiger partial charge in [-0.25, -0.2) is 0 Å². The van der Waals surface area contributed by atoms with Crippen LogP contribution >= 0.6 is 12.2 Å². The first-order chi connectivity index (χ1) is 13.7. The van der Waals surface area contributed by atoms with E-state index < -0.39 is 12.2 Å². The summed E-state index contributed by atoms with van der Waals surface area (Å²) in [5.74, 6) is -0.0828. The standard InChI is InChI=1S/C21H43N3O4S/c1-21(2,3)22-20(29)24-23-19(28)15-11-6-4-5-9-13-17(26)18(27)14-10-7-8-12-16-25/h17-18,25-27H,4-16H2,1-3H3,(H,23,28)(H2,22,24,29). The third-order valence-corrected chi connectivity index (χ3v) is 4.76. The Hall–Kier alpha value is -0.960. The Morgan fingerprint density at radius 3 is 1.83 bits per heavy atom. The third-order valence-electron chi connectivity index (χ3n) is 4.56. The van der Waals surface area contributed by atoms with Crippen molar-refractivity contribution in [3.63, 3.8) is 0 Å². The van der Waals surface area contributed by atoms with Crippen LogP contribution in [0.2, 0.25) is 0 Å². The summed E-state index contributed by atoms with van der Waals surface area (Å²) in [4.78, 5) is 11.8. The molecule has 0 rings (SSSR count). The van der Waals surface area contributed by atoms with E-state index in [1.54, 1.807) is 0 Å². The number of thiocarbonyl (C=S) groups is 1. The van der Waals surface area contributed by atoms with Gasteiger partial charge in [-0.1, -0.05) is 44.9 Å². The third kappa shape index (κ3) is 18.8. The molecule has 172 valence electrons. The summed E-state index contributed by atoms with van der Waals surface area (Å²) >= 11 is 5.10. The molecule has 8 heteroatoms. The van der Waals surface area contributed by atoms with Gasteiger partial charge in [-0.05, 0) is 58.7 Å². The van der Waals surface area contributed by atoms with Gasteiger partial charge in [0.2, 0.25) is 5.91 Å². The molecule has 0 spiro atoms. The minimum absolute atomic E-state index is 0.0828. The van der Waals surface area contributed by atoms with Gasteiger partial charge in [0.15, 0.2) is 5.11 Å². The molecule has 0 aliphatic carbocycles. The highest BCUT2D eigenvalue weighted by Crippen LogP contribution is 2.14. The zero-order valence-electron chi connectivity index (χ0n) is 18.5. The van der Waals surface area contributed by atoms with Gasteiger partial charge in [0.25, 0.3) is 0 Å². The lowest BCUT2D eigenvalue weighted by Crippen LogP contribution is -2.52. The van der Waals surface area contributed by atoms with E-state index in [2.05, 4.69) is 16.2 Å². The molecule has 7 nitrogen and oxygen atoms in total. The largest absolute Gasteiger partial charge is 0.396 e. The Labute approximate surface area is 182 Å². The van der Waals surface area contributed by atoms with Gasteiger partial charge >= 0.3 is 0 Å². The Bertz CT molecular complexity index is 444. The molecule has 0 aliphatic heterocycles. The second-order valence-electron chi connectivity index (χ2n) is 8.74. The lowest BCUT2D eigenvalue weighted by atomic mass is 10.00. The summed E-state index contributed by atoms with van der Waals surface area (Å²) in [6, 6.07) is 0. The molecular weight excluding hydrogens is 390 g/mol. The van der Waals surface area contributed by atoms with Gasteiger partial charge in [-0.2, -0.15) is 0 Å². The molecule has 0 saturated heterocycles. The van der Waals surface area contributed by atoms with Crippen LogP contribution in [0.5, 0.6) is 0 Å². The molecule has 1 amide bonds. The van der Waals surface area contributed by atoms with Crippen LogP contribution in [0.15, 0.2) is 0 Å². The topological polar surface area (TPSA) is 114 Å². The summed E-state index contributed by atoms with van der Waals surface area (Å²) in [5.41, 5.74) is 5.15. The molecular formula is C21H43N3O4S. The van der Waals surface area contributed by atoms with Crippen molar-refractivity contribution < 1.29 is 20.1 Å². The summed E-state index contributed by atoms with van der Waals surface area (Å²) in [6.45, 7) is 6.19. The van der Waals surface area contributed by atoms with Crippen LogP contribution in [0.25, 0.3) is 0 Å². The number of carbonyl (C=O) groups excluding carboxylic acids is 1. The maximum atomic E-state index is 11.8. The van der Waals surface area contributed by atoms with Gasteiger partial charge in [0.1, 0.15) is 0 Å². The van der Waals surface area contributed by atoms with Crippen LogP contribution in [0.1, 0.15) is 97.8 Å². The lowest BCUT2D eigenvalue weighted by molar-refractivity contribution is -0.121. The highest BCUT2D eigenvalue weighted by Gasteiger charge is 2.15. The molecule has 2 unspecified atom stereocenters. The number of hydrazine groups is 1. The van der Waals surface area contributed by atoms with Crippen LogP contribution < -0.4 is 16.2 Å². The van der Waals surface area contributed by atoms with E-state index in [0.29, 0.717) is 24.4 Å². The van der Waals surface area contributed by atoms with Gasteiger partial charge in [0.05, 0.1) is 12.2 Å². The number of aliphatic hydroxyl groups is 3. The first kappa shape index (κ1) is 28.0. The van der Waals surface area contributed by atoms with Gasteiger partial charge < -0.3 is 20.6 Å². The molecule has 0 fully saturated rings. The first-order valence-corrected chi connectivity index (χ1v) is 11.4. The van der Waals surface area contributed by atoms with Crippen molar-refractivity contribution in [2.75, 3.05) is 6.61 Å². The second-order valence-corrected chi connectivity index (χ2v) is 9.15. The van der Waals surface area contributed by atoms with E-state index in [9.17, 15) is 15.0 Å². The monoisotopic (exact) mass is 433 g/mol. The van der Waals surface area contributed by atoms with E-state index in [-0.39, 0.29) is 18.1 Å². The predicted octanol–water partition coefficient (Wildman–Crippen LogP) is 2.68. The average Bonchev–Trinajstić information content (AvgIpc) is 2.63. The van der Waals surface area contributed by atoms with E-state index in [4.69, 9.17) is 17.3 Å². The summed E-state index contributed by atoms with van der Waals surface area (Å²) in [5, 5.41) is 32.2. The van der Waals surface area contributed by atoms with Crippen LogP contribution in [-0.4, -0.2) is 50.7 Å². The van der Waals surface area contributed by atoms with Crippen molar-refractivity contribution in [3.8, 4) is 0 Å². The molecule has 2 atom stereocenters. The minimum atomic E-state index is -0.657. The van der Waals surface area contributed by atoms with E-state index >= 15 is 0 Å². The number of amides is 1. The predicted molar refractivity (Wildman–Crippen MR) is 121 cm³/mol. The number of aliphatic hydroxyl groups excluding tert-OH is 3. The van der Waals surface area contributed by atoms with Crippen LogP contribution in [0, 0.1) is 0 Å². The first-order valence-electron chi connectivity index (χ1n) is 11.0. The molecule has 0 bridgehead atoms. The van der Waals surface area contributed by atoms with Crippen LogP contribution in [0.4, 0.5) is 0 Å². The maximum Gasteiger partial charge on any atom is 0.238 e. The fourth-order valence-corrected chi connectivity index (χ4v) is 3.29. The SMILES string of the molecule is CC(C)(C)NC(=S)NNC(=O)CCCCCCCC(O)C(O)CCCCCCO. The Morgan fingerprint density at radius 1 is 0.828 bits per heavy atom. The fraction of sp³-hybridized carbons (Fsp3) is 0.905. The van der Waals surface area contributed by atoms with Crippen molar-refractivity contribution in [2.24, 2.45) is 0 Å². The quantitative estimate of drug-likeness (QED) is 0.134. The number of carbonyl (C=O) groups is 1. The molecule has 0 aromatic rings. The minimum Gasteiger partial charge on any atom is -0.396 e. The molecule has 0 radical (unpaired) electrons. The molecule has 29 heavy (non-hydrogen) atoms. The summed E-state index contributed by atoms with van der Waals surface area (Å²) < 4.78 is 0. The molecule has 0 saturated carbocycles. The number of hydrogen-bond acceptors (Lipinski definition) is 5. The smallest absolute Gasteiger partial charge is 0.238 e. The Kier molecular flexibility index (Phi) is 16.2. The highest BCUT2D eigenvalue weighted by molar-refractivity contribution is 7.80. The van der Waals surface area contributed by atoms with Crippen molar-refractivity contribution >= 4 is 23.2 Å². The summed E-state index contributed by atoms with van der Waals surface area (Å²) in [6.07, 6.45) is 8.64. The second kappa shape index (κ2) is 16.8. The van der Waals surface area contributed by atoms with Crippen LogP contribution in [0.3, 0.4) is 0 Å². The number of hydrogen-bond donors (Lipinski definition) is 6. The van der Waals surface area contributed by atoms with Crippen molar-refractivity contribution in [3.05, 3.63) is 0 Å².